The van der Waals surface area contributed by atoms with E-state index in [4.69, 9.17) is 15.2 Å². The van der Waals surface area contributed by atoms with Crippen LogP contribution in [0.1, 0.15) is 24.5 Å². The highest BCUT2D eigenvalue weighted by atomic mass is 19.4. The number of rotatable bonds is 8. The molecule has 0 spiro atoms. The second kappa shape index (κ2) is 8.11. The maximum atomic E-state index is 13.0. The highest BCUT2D eigenvalue weighted by Gasteiger charge is 2.34. The standard InChI is InChI=1S/C14H20F3NO2/c1-2-19-8-3-9-20-13-5-4-11(6-7-18)10-12(13)14(15,16)17/h4-5,10H,2-3,6-9,18H2,1H3. The van der Waals surface area contributed by atoms with Crippen molar-refractivity contribution < 1.29 is 22.6 Å². The lowest BCUT2D eigenvalue weighted by Crippen LogP contribution is -2.12. The van der Waals surface area contributed by atoms with Crippen LogP contribution in [0.5, 0.6) is 5.75 Å². The molecule has 1 rings (SSSR count). The Morgan fingerprint density at radius 1 is 1.20 bits per heavy atom. The average Bonchev–Trinajstić information content (AvgIpc) is 2.39. The van der Waals surface area contributed by atoms with E-state index in [1.165, 1.54) is 6.07 Å². The molecule has 0 aliphatic rings. The van der Waals surface area contributed by atoms with Gasteiger partial charge in [-0.15, -0.1) is 0 Å². The van der Waals surface area contributed by atoms with Crippen molar-refractivity contribution in [2.75, 3.05) is 26.4 Å². The Balaban J connectivity index is 2.73. The van der Waals surface area contributed by atoms with Gasteiger partial charge in [0, 0.05) is 19.6 Å². The monoisotopic (exact) mass is 291 g/mol. The molecule has 1 aromatic rings. The van der Waals surface area contributed by atoms with Crippen molar-refractivity contribution in [3.8, 4) is 5.75 Å². The summed E-state index contributed by atoms with van der Waals surface area (Å²) in [6.45, 7) is 3.43. The molecular formula is C14H20F3NO2. The van der Waals surface area contributed by atoms with Crippen molar-refractivity contribution in [3.05, 3.63) is 29.3 Å². The lowest BCUT2D eigenvalue weighted by atomic mass is 10.1. The molecule has 1 aromatic carbocycles. The van der Waals surface area contributed by atoms with Gasteiger partial charge >= 0.3 is 6.18 Å². The van der Waals surface area contributed by atoms with Gasteiger partial charge in [-0.2, -0.15) is 13.2 Å². The number of ether oxygens (including phenoxy) is 2. The molecule has 0 fully saturated rings. The first-order chi connectivity index (χ1) is 9.49. The van der Waals surface area contributed by atoms with Gasteiger partial charge < -0.3 is 15.2 Å². The molecule has 6 heteroatoms. The maximum Gasteiger partial charge on any atom is 0.419 e. The second-order valence-electron chi connectivity index (χ2n) is 4.27. The Kier molecular flexibility index (Phi) is 6.81. The van der Waals surface area contributed by atoms with E-state index < -0.39 is 11.7 Å². The highest BCUT2D eigenvalue weighted by Crippen LogP contribution is 2.36. The summed E-state index contributed by atoms with van der Waals surface area (Å²) < 4.78 is 49.2. The van der Waals surface area contributed by atoms with E-state index >= 15 is 0 Å². The zero-order valence-electron chi connectivity index (χ0n) is 11.5. The van der Waals surface area contributed by atoms with Gasteiger partial charge in [0.1, 0.15) is 5.75 Å². The van der Waals surface area contributed by atoms with E-state index in [2.05, 4.69) is 0 Å². The van der Waals surface area contributed by atoms with E-state index in [0.29, 0.717) is 38.2 Å². The molecule has 0 unspecified atom stereocenters. The first-order valence-electron chi connectivity index (χ1n) is 6.59. The minimum atomic E-state index is -4.43. The summed E-state index contributed by atoms with van der Waals surface area (Å²) in [5.41, 5.74) is 5.16. The third kappa shape index (κ3) is 5.38. The quantitative estimate of drug-likeness (QED) is 0.749. The molecule has 0 atom stereocenters. The molecule has 0 saturated heterocycles. The fraction of sp³-hybridized carbons (Fsp3) is 0.571. The molecule has 0 amide bonds. The number of alkyl halides is 3. The largest absolute Gasteiger partial charge is 0.493 e. The first kappa shape index (κ1) is 16.8. The van der Waals surface area contributed by atoms with Crippen LogP contribution in [0.3, 0.4) is 0 Å². The Hall–Kier alpha value is -1.27. The number of hydrogen-bond donors (Lipinski definition) is 1. The Bertz CT molecular complexity index is 408. The summed E-state index contributed by atoms with van der Waals surface area (Å²) in [4.78, 5) is 0. The Morgan fingerprint density at radius 3 is 2.55 bits per heavy atom. The molecule has 0 heterocycles. The third-order valence-corrected chi connectivity index (χ3v) is 2.68. The Labute approximate surface area is 116 Å². The molecule has 0 radical (unpaired) electrons. The van der Waals surface area contributed by atoms with Crippen LogP contribution in [0.4, 0.5) is 13.2 Å². The summed E-state index contributed by atoms with van der Waals surface area (Å²) in [6.07, 6.45) is -3.47. The van der Waals surface area contributed by atoms with Gasteiger partial charge in [-0.1, -0.05) is 6.07 Å². The van der Waals surface area contributed by atoms with Gasteiger partial charge in [-0.25, -0.2) is 0 Å². The number of halogens is 3. The van der Waals surface area contributed by atoms with Gasteiger partial charge in [0.05, 0.1) is 12.2 Å². The van der Waals surface area contributed by atoms with Crippen molar-refractivity contribution in [1.82, 2.24) is 0 Å². The molecule has 0 aliphatic carbocycles. The summed E-state index contributed by atoms with van der Waals surface area (Å²) in [5.74, 6) is -0.144. The van der Waals surface area contributed by atoms with Crippen LogP contribution < -0.4 is 10.5 Å². The van der Waals surface area contributed by atoms with Crippen LogP contribution in [-0.2, 0) is 17.3 Å². The van der Waals surface area contributed by atoms with Gasteiger partial charge in [-0.05, 0) is 37.6 Å². The van der Waals surface area contributed by atoms with Crippen LogP contribution in [0.25, 0.3) is 0 Å². The zero-order chi connectivity index (χ0) is 15.0. The van der Waals surface area contributed by atoms with E-state index in [-0.39, 0.29) is 12.4 Å². The summed E-state index contributed by atoms with van der Waals surface area (Å²) in [7, 11) is 0. The third-order valence-electron chi connectivity index (χ3n) is 2.68. The Morgan fingerprint density at radius 2 is 1.95 bits per heavy atom. The molecule has 114 valence electrons. The fourth-order valence-corrected chi connectivity index (χ4v) is 1.73. The number of benzene rings is 1. The van der Waals surface area contributed by atoms with Crippen molar-refractivity contribution in [1.29, 1.82) is 0 Å². The smallest absolute Gasteiger partial charge is 0.419 e. The topological polar surface area (TPSA) is 44.5 Å². The second-order valence-corrected chi connectivity index (χ2v) is 4.27. The van der Waals surface area contributed by atoms with Crippen LogP contribution in [0.2, 0.25) is 0 Å². The molecule has 0 aromatic heterocycles. The molecule has 0 aliphatic heterocycles. The molecule has 0 saturated carbocycles. The normalized spacial score (nSPS) is 11.7. The van der Waals surface area contributed by atoms with Crippen molar-refractivity contribution >= 4 is 0 Å². The van der Waals surface area contributed by atoms with Gasteiger partial charge in [-0.3, -0.25) is 0 Å². The molecular weight excluding hydrogens is 271 g/mol. The summed E-state index contributed by atoms with van der Waals surface area (Å²) in [6, 6.07) is 4.07. The van der Waals surface area contributed by atoms with Crippen molar-refractivity contribution in [2.24, 2.45) is 5.73 Å². The minimum absolute atomic E-state index is 0.144. The lowest BCUT2D eigenvalue weighted by Gasteiger charge is -2.15. The van der Waals surface area contributed by atoms with Crippen LogP contribution in [-0.4, -0.2) is 26.4 Å². The zero-order valence-corrected chi connectivity index (χ0v) is 11.5. The van der Waals surface area contributed by atoms with Crippen LogP contribution in [0, 0.1) is 0 Å². The van der Waals surface area contributed by atoms with E-state index in [1.54, 1.807) is 6.07 Å². The van der Waals surface area contributed by atoms with E-state index in [1.807, 2.05) is 6.92 Å². The molecule has 3 nitrogen and oxygen atoms in total. The predicted molar refractivity (Wildman–Crippen MR) is 70.8 cm³/mol. The summed E-state index contributed by atoms with van der Waals surface area (Å²) >= 11 is 0. The fourth-order valence-electron chi connectivity index (χ4n) is 1.73. The minimum Gasteiger partial charge on any atom is -0.493 e. The number of nitrogens with two attached hydrogens (primary N) is 1. The van der Waals surface area contributed by atoms with Crippen LogP contribution >= 0.6 is 0 Å². The van der Waals surface area contributed by atoms with Crippen molar-refractivity contribution in [2.45, 2.75) is 25.9 Å². The highest BCUT2D eigenvalue weighted by molar-refractivity contribution is 5.39. The van der Waals surface area contributed by atoms with Gasteiger partial charge in [0.2, 0.25) is 0 Å². The molecule has 20 heavy (non-hydrogen) atoms. The first-order valence-corrected chi connectivity index (χ1v) is 6.59. The predicted octanol–water partition coefficient (Wildman–Crippen LogP) is 3.01. The van der Waals surface area contributed by atoms with Gasteiger partial charge in [0.25, 0.3) is 0 Å². The molecule has 0 bridgehead atoms. The SMILES string of the molecule is CCOCCCOc1ccc(CCN)cc1C(F)(F)F. The van der Waals surface area contributed by atoms with E-state index in [9.17, 15) is 13.2 Å². The number of hydrogen-bond acceptors (Lipinski definition) is 3. The summed E-state index contributed by atoms with van der Waals surface area (Å²) in [5, 5.41) is 0. The average molecular weight is 291 g/mol. The lowest BCUT2D eigenvalue weighted by molar-refractivity contribution is -0.139. The van der Waals surface area contributed by atoms with E-state index in [0.717, 1.165) is 6.07 Å². The van der Waals surface area contributed by atoms with Gasteiger partial charge in [0.15, 0.2) is 0 Å². The molecule has 2 N–H and O–H groups in total. The maximum absolute atomic E-state index is 13.0. The van der Waals surface area contributed by atoms with Crippen LogP contribution in [0.15, 0.2) is 18.2 Å². The van der Waals surface area contributed by atoms with Crippen molar-refractivity contribution in [3.63, 3.8) is 0 Å².